The van der Waals surface area contributed by atoms with Crippen molar-refractivity contribution in [3.8, 4) is 11.4 Å². The number of nitrogens with zero attached hydrogens (tertiary/aromatic N) is 2. The summed E-state index contributed by atoms with van der Waals surface area (Å²) in [5.74, 6) is -0.859. The van der Waals surface area contributed by atoms with Crippen LogP contribution in [0.1, 0.15) is 28.4 Å². The van der Waals surface area contributed by atoms with Crippen LogP contribution in [0.5, 0.6) is 5.75 Å². The van der Waals surface area contributed by atoms with Crippen LogP contribution in [0.4, 0.5) is 10.1 Å². The van der Waals surface area contributed by atoms with E-state index in [1.165, 1.54) is 25.4 Å². The highest BCUT2D eigenvalue weighted by atomic mass is 35.5. The van der Waals surface area contributed by atoms with E-state index in [2.05, 4.69) is 10.4 Å². The maximum absolute atomic E-state index is 14.0. The number of carbonyl (C=O) groups excluding carboxylic acids is 1. The quantitative estimate of drug-likeness (QED) is 0.636. The molecule has 0 amide bonds. The molecule has 1 N–H and O–H groups in total. The molecule has 1 aliphatic heterocycles. The minimum Gasteiger partial charge on any atom is -0.490 e. The smallest absolute Gasteiger partial charge is 0.340 e. The van der Waals surface area contributed by atoms with Crippen LogP contribution >= 0.6 is 11.6 Å². The second kappa shape index (κ2) is 8.16. The number of hydrogen-bond donors (Lipinski definition) is 1. The lowest BCUT2D eigenvalue weighted by Gasteiger charge is -2.27. The number of carbonyl (C=O) groups is 1. The molecule has 154 valence electrons. The van der Waals surface area contributed by atoms with Crippen LogP contribution in [0.2, 0.25) is 5.02 Å². The van der Waals surface area contributed by atoms with E-state index in [-0.39, 0.29) is 28.1 Å². The first kappa shape index (κ1) is 19.9. The lowest BCUT2D eigenvalue weighted by Crippen LogP contribution is -2.26. The maximum Gasteiger partial charge on any atom is 0.340 e. The summed E-state index contributed by atoms with van der Waals surface area (Å²) >= 11 is 6.33. The number of methoxy groups -OCH3 is 1. The summed E-state index contributed by atoms with van der Waals surface area (Å²) in [4.78, 5) is 24.9. The summed E-state index contributed by atoms with van der Waals surface area (Å²) < 4.78 is 25.2. The predicted octanol–water partition coefficient (Wildman–Crippen LogP) is 3.75. The largest absolute Gasteiger partial charge is 0.490 e. The Bertz CT molecular complexity index is 1180. The number of aromatic nitrogens is 2. The summed E-state index contributed by atoms with van der Waals surface area (Å²) in [5.41, 5.74) is 0.763. The summed E-state index contributed by atoms with van der Waals surface area (Å²) in [6.45, 7) is 0.320. The number of ether oxygens (including phenoxy) is 2. The zero-order valence-corrected chi connectivity index (χ0v) is 16.6. The number of esters is 1. The first-order valence-corrected chi connectivity index (χ1v) is 9.52. The molecular weight excluding hydrogens is 413 g/mol. The number of nitrogens with one attached hydrogen (secondary N) is 1. The summed E-state index contributed by atoms with van der Waals surface area (Å²) in [6, 6.07) is 10.8. The number of benzene rings is 2. The molecule has 0 fully saturated rings. The monoisotopic (exact) mass is 429 g/mol. The molecule has 2 aromatic carbocycles. The minimum atomic E-state index is -0.607. The van der Waals surface area contributed by atoms with Crippen molar-refractivity contribution in [2.24, 2.45) is 0 Å². The molecular formula is C21H17ClFN3O4. The molecule has 9 heteroatoms. The second-order valence-electron chi connectivity index (χ2n) is 6.59. The van der Waals surface area contributed by atoms with Gasteiger partial charge in [0.25, 0.3) is 5.56 Å². The predicted molar refractivity (Wildman–Crippen MR) is 109 cm³/mol. The van der Waals surface area contributed by atoms with Gasteiger partial charge < -0.3 is 14.8 Å². The van der Waals surface area contributed by atoms with Crippen LogP contribution in [0, 0.1) is 5.82 Å². The van der Waals surface area contributed by atoms with Crippen LogP contribution in [-0.4, -0.2) is 29.5 Å². The van der Waals surface area contributed by atoms with Gasteiger partial charge in [-0.2, -0.15) is 9.78 Å². The van der Waals surface area contributed by atoms with Gasteiger partial charge in [0.05, 0.1) is 42.9 Å². The molecule has 0 saturated heterocycles. The Morgan fingerprint density at radius 1 is 1.30 bits per heavy atom. The van der Waals surface area contributed by atoms with Gasteiger partial charge in [-0.25, -0.2) is 9.18 Å². The molecule has 1 aromatic heterocycles. The van der Waals surface area contributed by atoms with Gasteiger partial charge in [0, 0.05) is 12.0 Å². The highest BCUT2D eigenvalue weighted by molar-refractivity contribution is 6.33. The molecule has 0 bridgehead atoms. The van der Waals surface area contributed by atoms with Crippen molar-refractivity contribution in [3.63, 3.8) is 0 Å². The molecule has 30 heavy (non-hydrogen) atoms. The van der Waals surface area contributed by atoms with Crippen LogP contribution in [-0.2, 0) is 4.74 Å². The third-order valence-corrected chi connectivity index (χ3v) is 5.18. The summed E-state index contributed by atoms with van der Waals surface area (Å²) in [7, 11) is 1.25. The Hall–Kier alpha value is -3.39. The van der Waals surface area contributed by atoms with Crippen LogP contribution in [0.3, 0.4) is 0 Å². The fraction of sp³-hybridized carbons (Fsp3) is 0.190. The number of fused-ring (bicyclic) bond motifs is 1. The number of hydrogen-bond acceptors (Lipinski definition) is 6. The standard InChI is InChI=1S/C21H17ClFN3O4/c1-29-21(28)13-5-2-3-8-17(13)26-20(27)18(22)16(11-24-26)25-15-9-10-30-19-12(15)6-4-7-14(19)23/h2-8,11,15,25H,9-10H2,1H3/t15-/m0/s1. The van der Waals surface area contributed by atoms with Crippen molar-refractivity contribution in [2.45, 2.75) is 12.5 Å². The molecule has 4 rings (SSSR count). The molecule has 0 spiro atoms. The third-order valence-electron chi connectivity index (χ3n) is 4.81. The fourth-order valence-corrected chi connectivity index (χ4v) is 3.55. The molecule has 0 saturated carbocycles. The summed E-state index contributed by atoms with van der Waals surface area (Å²) in [6.07, 6.45) is 1.95. The molecule has 0 aliphatic carbocycles. The Kier molecular flexibility index (Phi) is 5.41. The Balaban J connectivity index is 1.71. The van der Waals surface area contributed by atoms with Gasteiger partial charge in [-0.3, -0.25) is 4.79 Å². The van der Waals surface area contributed by atoms with Gasteiger partial charge >= 0.3 is 5.97 Å². The number of anilines is 1. The van der Waals surface area contributed by atoms with E-state index in [9.17, 15) is 14.0 Å². The zero-order valence-electron chi connectivity index (χ0n) is 15.9. The Morgan fingerprint density at radius 3 is 2.90 bits per heavy atom. The number of rotatable bonds is 4. The molecule has 1 aliphatic rings. The van der Waals surface area contributed by atoms with E-state index in [4.69, 9.17) is 21.1 Å². The van der Waals surface area contributed by atoms with E-state index in [0.717, 1.165) is 4.68 Å². The molecule has 3 aromatic rings. The van der Waals surface area contributed by atoms with Gasteiger partial charge in [-0.05, 0) is 18.2 Å². The highest BCUT2D eigenvalue weighted by Gasteiger charge is 2.25. The molecule has 7 nitrogen and oxygen atoms in total. The Labute approximate surface area is 176 Å². The lowest BCUT2D eigenvalue weighted by atomic mass is 10.00. The van der Waals surface area contributed by atoms with Gasteiger partial charge in [0.2, 0.25) is 0 Å². The van der Waals surface area contributed by atoms with Crippen LogP contribution < -0.4 is 15.6 Å². The van der Waals surface area contributed by atoms with Crippen molar-refractivity contribution in [2.75, 3.05) is 19.0 Å². The zero-order chi connectivity index (χ0) is 21.3. The molecule has 2 heterocycles. The van der Waals surface area contributed by atoms with Crippen LogP contribution in [0.15, 0.2) is 53.5 Å². The van der Waals surface area contributed by atoms with E-state index in [0.29, 0.717) is 24.3 Å². The van der Waals surface area contributed by atoms with E-state index < -0.39 is 17.3 Å². The van der Waals surface area contributed by atoms with E-state index in [1.807, 2.05) is 0 Å². The van der Waals surface area contributed by atoms with Gasteiger partial charge in [0.1, 0.15) is 5.02 Å². The average Bonchev–Trinajstić information content (AvgIpc) is 2.77. The SMILES string of the molecule is COC(=O)c1ccccc1-n1ncc(N[C@H]2CCOc3c(F)cccc32)c(Cl)c1=O. The number of para-hydroxylation sites is 2. The summed E-state index contributed by atoms with van der Waals surface area (Å²) in [5, 5.41) is 7.22. The topological polar surface area (TPSA) is 82.5 Å². The minimum absolute atomic E-state index is 0.103. The maximum atomic E-state index is 14.0. The van der Waals surface area contributed by atoms with Gasteiger partial charge in [0.15, 0.2) is 11.6 Å². The second-order valence-corrected chi connectivity index (χ2v) is 6.97. The highest BCUT2D eigenvalue weighted by Crippen LogP contribution is 2.36. The first-order valence-electron chi connectivity index (χ1n) is 9.14. The lowest BCUT2D eigenvalue weighted by molar-refractivity contribution is 0.0600. The molecule has 1 atom stereocenters. The van der Waals surface area contributed by atoms with Crippen molar-refractivity contribution in [3.05, 3.63) is 81.0 Å². The fourth-order valence-electron chi connectivity index (χ4n) is 3.37. The van der Waals surface area contributed by atoms with E-state index in [1.54, 1.807) is 30.3 Å². The Morgan fingerprint density at radius 2 is 2.10 bits per heavy atom. The third kappa shape index (κ3) is 3.50. The first-order chi connectivity index (χ1) is 14.5. The van der Waals surface area contributed by atoms with Crippen molar-refractivity contribution >= 4 is 23.3 Å². The van der Waals surface area contributed by atoms with Gasteiger partial charge in [-0.15, -0.1) is 0 Å². The normalized spacial score (nSPS) is 15.1. The van der Waals surface area contributed by atoms with Crippen molar-refractivity contribution in [1.29, 1.82) is 0 Å². The van der Waals surface area contributed by atoms with Crippen LogP contribution in [0.25, 0.3) is 5.69 Å². The van der Waals surface area contributed by atoms with Gasteiger partial charge in [-0.1, -0.05) is 35.9 Å². The molecule has 0 radical (unpaired) electrons. The van der Waals surface area contributed by atoms with Crippen molar-refractivity contribution in [1.82, 2.24) is 9.78 Å². The molecule has 0 unspecified atom stereocenters. The van der Waals surface area contributed by atoms with E-state index >= 15 is 0 Å². The van der Waals surface area contributed by atoms with Crippen molar-refractivity contribution < 1.29 is 18.7 Å². The average molecular weight is 430 g/mol. The number of halogens is 2.